The molecule has 1 saturated carbocycles. The summed E-state index contributed by atoms with van der Waals surface area (Å²) in [6, 6.07) is 13.3. The Hall–Kier alpha value is -2.04. The Morgan fingerprint density at radius 1 is 0.970 bits per heavy atom. The van der Waals surface area contributed by atoms with Crippen molar-refractivity contribution < 1.29 is 9.59 Å². The third-order valence-electron chi connectivity index (χ3n) is 6.51. The van der Waals surface area contributed by atoms with Gasteiger partial charge >= 0.3 is 0 Å². The average Bonchev–Trinajstić information content (AvgIpc) is 2.83. The number of hydrogen-bond acceptors (Lipinski definition) is 2. The lowest BCUT2D eigenvalue weighted by atomic mass is 9.95. The van der Waals surface area contributed by atoms with E-state index in [2.05, 4.69) is 36.5 Å². The van der Waals surface area contributed by atoms with Gasteiger partial charge in [-0.2, -0.15) is 0 Å². The van der Waals surface area contributed by atoms with Crippen LogP contribution in [-0.2, 0) is 29.0 Å². The first-order valence-corrected chi connectivity index (χ1v) is 12.7. The number of rotatable bonds is 9. The highest BCUT2D eigenvalue weighted by Crippen LogP contribution is 2.24. The van der Waals surface area contributed by atoms with E-state index in [1.165, 1.54) is 12.0 Å². The number of amides is 2. The topological polar surface area (TPSA) is 49.4 Å². The molecule has 2 aromatic carbocycles. The number of hydrogen-bond donors (Lipinski definition) is 1. The lowest BCUT2D eigenvalue weighted by molar-refractivity contribution is -0.141. The van der Waals surface area contributed by atoms with Crippen LogP contribution in [0.15, 0.2) is 42.5 Å². The van der Waals surface area contributed by atoms with E-state index in [1.54, 1.807) is 17.0 Å². The molecule has 0 spiro atoms. The predicted octanol–water partition coefficient (Wildman–Crippen LogP) is 6.35. The SMILES string of the molecule is CCc1ccc(CCC(=O)N(Cc2ccc(Cl)c(Cl)c2)[C@@H](C)C(=O)NC2CCCCC2)cc1. The number of aryl methyl sites for hydroxylation is 2. The molecule has 6 heteroatoms. The van der Waals surface area contributed by atoms with Crippen molar-refractivity contribution in [1.82, 2.24) is 10.2 Å². The van der Waals surface area contributed by atoms with Gasteiger partial charge in [0, 0.05) is 19.0 Å². The highest BCUT2D eigenvalue weighted by Gasteiger charge is 2.28. The smallest absolute Gasteiger partial charge is 0.242 e. The lowest BCUT2D eigenvalue weighted by Gasteiger charge is -2.31. The van der Waals surface area contributed by atoms with Crippen LogP contribution in [0.2, 0.25) is 10.0 Å². The molecule has 1 N–H and O–H groups in total. The number of carbonyl (C=O) groups is 2. The first-order chi connectivity index (χ1) is 15.9. The van der Waals surface area contributed by atoms with Gasteiger partial charge in [0.15, 0.2) is 0 Å². The standard InChI is InChI=1S/C27H34Cl2N2O2/c1-3-20-9-11-21(12-10-20)14-16-26(32)31(18-22-13-15-24(28)25(29)17-22)19(2)27(33)30-23-7-5-4-6-8-23/h9-13,15,17,19,23H,3-8,14,16,18H2,1-2H3,(H,30,33)/t19-/m0/s1. The second kappa shape index (κ2) is 12.4. The van der Waals surface area contributed by atoms with Crippen LogP contribution in [-0.4, -0.2) is 28.8 Å². The van der Waals surface area contributed by atoms with Gasteiger partial charge < -0.3 is 10.2 Å². The van der Waals surface area contributed by atoms with Crippen molar-refractivity contribution in [3.8, 4) is 0 Å². The Morgan fingerprint density at radius 2 is 1.61 bits per heavy atom. The molecule has 3 rings (SSSR count). The van der Waals surface area contributed by atoms with E-state index < -0.39 is 6.04 Å². The minimum absolute atomic E-state index is 0.0491. The molecule has 0 bridgehead atoms. The van der Waals surface area contributed by atoms with Crippen LogP contribution >= 0.6 is 23.2 Å². The maximum Gasteiger partial charge on any atom is 0.242 e. The number of carbonyl (C=O) groups excluding carboxylic acids is 2. The third kappa shape index (κ3) is 7.48. The summed E-state index contributed by atoms with van der Waals surface area (Å²) in [6.45, 7) is 4.24. The summed E-state index contributed by atoms with van der Waals surface area (Å²) in [5, 5.41) is 4.08. The predicted molar refractivity (Wildman–Crippen MR) is 136 cm³/mol. The summed E-state index contributed by atoms with van der Waals surface area (Å²) in [5.41, 5.74) is 3.25. The molecule has 4 nitrogen and oxygen atoms in total. The van der Waals surface area contributed by atoms with Crippen LogP contribution in [0.3, 0.4) is 0 Å². The van der Waals surface area contributed by atoms with Crippen molar-refractivity contribution in [2.45, 2.75) is 83.8 Å². The van der Waals surface area contributed by atoms with Crippen LogP contribution in [0.4, 0.5) is 0 Å². The second-order valence-electron chi connectivity index (χ2n) is 8.96. The van der Waals surface area contributed by atoms with Gasteiger partial charge in [-0.05, 0) is 61.4 Å². The number of nitrogens with zero attached hydrogens (tertiary/aromatic N) is 1. The first kappa shape index (κ1) is 25.6. The summed E-state index contributed by atoms with van der Waals surface area (Å²) in [7, 11) is 0. The van der Waals surface area contributed by atoms with Crippen LogP contribution in [0.5, 0.6) is 0 Å². The van der Waals surface area contributed by atoms with Gasteiger partial charge in [-0.3, -0.25) is 9.59 Å². The number of halogens is 2. The Kier molecular flexibility index (Phi) is 9.64. The maximum absolute atomic E-state index is 13.3. The van der Waals surface area contributed by atoms with Gasteiger partial charge in [0.25, 0.3) is 0 Å². The molecule has 2 aromatic rings. The van der Waals surface area contributed by atoms with Crippen molar-refractivity contribution in [3.05, 3.63) is 69.2 Å². The fourth-order valence-electron chi connectivity index (χ4n) is 4.32. The normalized spacial score (nSPS) is 15.2. The summed E-state index contributed by atoms with van der Waals surface area (Å²) < 4.78 is 0. The van der Waals surface area contributed by atoms with Gasteiger partial charge in [-0.1, -0.05) is 79.7 Å². The van der Waals surface area contributed by atoms with Gasteiger partial charge in [0.1, 0.15) is 6.04 Å². The molecule has 1 aliphatic carbocycles. The van der Waals surface area contributed by atoms with Crippen molar-refractivity contribution in [1.29, 1.82) is 0 Å². The largest absolute Gasteiger partial charge is 0.352 e. The monoisotopic (exact) mass is 488 g/mol. The van der Waals surface area contributed by atoms with E-state index in [0.29, 0.717) is 29.4 Å². The minimum atomic E-state index is -0.573. The van der Waals surface area contributed by atoms with Crippen molar-refractivity contribution >= 4 is 35.0 Å². The van der Waals surface area contributed by atoms with E-state index >= 15 is 0 Å². The Labute approximate surface area is 207 Å². The summed E-state index contributed by atoms with van der Waals surface area (Å²) in [5.74, 6) is -0.144. The van der Waals surface area contributed by atoms with E-state index in [-0.39, 0.29) is 17.9 Å². The van der Waals surface area contributed by atoms with Gasteiger partial charge in [-0.25, -0.2) is 0 Å². The molecule has 0 unspecified atom stereocenters. The van der Waals surface area contributed by atoms with Gasteiger partial charge in [-0.15, -0.1) is 0 Å². The highest BCUT2D eigenvalue weighted by molar-refractivity contribution is 6.42. The molecule has 0 heterocycles. The van der Waals surface area contributed by atoms with Crippen LogP contribution in [0, 0.1) is 0 Å². The Morgan fingerprint density at radius 3 is 2.24 bits per heavy atom. The molecular formula is C27H34Cl2N2O2. The van der Waals surface area contributed by atoms with E-state index in [0.717, 1.165) is 43.2 Å². The minimum Gasteiger partial charge on any atom is -0.352 e. The zero-order valence-electron chi connectivity index (χ0n) is 19.6. The molecule has 1 aliphatic rings. The molecule has 0 aromatic heterocycles. The van der Waals surface area contributed by atoms with Crippen LogP contribution < -0.4 is 5.32 Å². The fraction of sp³-hybridized carbons (Fsp3) is 0.481. The first-order valence-electron chi connectivity index (χ1n) is 12.0. The number of nitrogens with one attached hydrogen (secondary N) is 1. The molecule has 33 heavy (non-hydrogen) atoms. The zero-order valence-corrected chi connectivity index (χ0v) is 21.1. The molecule has 1 fully saturated rings. The fourth-order valence-corrected chi connectivity index (χ4v) is 4.64. The molecular weight excluding hydrogens is 455 g/mol. The average molecular weight is 489 g/mol. The summed E-state index contributed by atoms with van der Waals surface area (Å²) in [6.07, 6.45) is 7.49. The zero-order chi connectivity index (χ0) is 23.8. The van der Waals surface area contributed by atoms with Crippen LogP contribution in [0.1, 0.15) is 69.1 Å². The molecule has 0 aliphatic heterocycles. The Balaban J connectivity index is 1.71. The number of benzene rings is 2. The van der Waals surface area contributed by atoms with Crippen LogP contribution in [0.25, 0.3) is 0 Å². The van der Waals surface area contributed by atoms with E-state index in [1.807, 2.05) is 13.0 Å². The lowest BCUT2D eigenvalue weighted by Crippen LogP contribution is -2.50. The van der Waals surface area contributed by atoms with Gasteiger partial charge in [0.2, 0.25) is 11.8 Å². The maximum atomic E-state index is 13.3. The summed E-state index contributed by atoms with van der Waals surface area (Å²) in [4.78, 5) is 28.0. The van der Waals surface area contributed by atoms with Crippen molar-refractivity contribution in [3.63, 3.8) is 0 Å². The molecule has 178 valence electrons. The third-order valence-corrected chi connectivity index (χ3v) is 7.25. The second-order valence-corrected chi connectivity index (χ2v) is 9.77. The van der Waals surface area contributed by atoms with E-state index in [4.69, 9.17) is 23.2 Å². The molecule has 0 radical (unpaired) electrons. The highest BCUT2D eigenvalue weighted by atomic mass is 35.5. The Bertz CT molecular complexity index is 940. The molecule has 0 saturated heterocycles. The molecule has 1 atom stereocenters. The quantitative estimate of drug-likeness (QED) is 0.446. The van der Waals surface area contributed by atoms with E-state index in [9.17, 15) is 9.59 Å². The van der Waals surface area contributed by atoms with Crippen molar-refractivity contribution in [2.24, 2.45) is 0 Å². The van der Waals surface area contributed by atoms with Gasteiger partial charge in [0.05, 0.1) is 10.0 Å². The summed E-state index contributed by atoms with van der Waals surface area (Å²) >= 11 is 12.3. The van der Waals surface area contributed by atoms with Crippen molar-refractivity contribution in [2.75, 3.05) is 0 Å². The molecule has 2 amide bonds.